The number of carbonyl (C=O) groups excluding carboxylic acids is 1. The third-order valence-corrected chi connectivity index (χ3v) is 8.63. The van der Waals surface area contributed by atoms with Crippen molar-refractivity contribution in [2.24, 2.45) is 5.92 Å². The van der Waals surface area contributed by atoms with Crippen LogP contribution >= 0.6 is 23.2 Å². The minimum absolute atomic E-state index is 0.140. The van der Waals surface area contributed by atoms with Gasteiger partial charge in [0.2, 0.25) is 10.0 Å². The number of ether oxygens (including phenoxy) is 2. The van der Waals surface area contributed by atoms with E-state index in [0.717, 1.165) is 11.8 Å². The van der Waals surface area contributed by atoms with Crippen molar-refractivity contribution in [2.75, 3.05) is 52.1 Å². The van der Waals surface area contributed by atoms with E-state index >= 15 is 0 Å². The zero-order chi connectivity index (χ0) is 27.7. The van der Waals surface area contributed by atoms with Gasteiger partial charge in [-0.1, -0.05) is 29.3 Å². The highest BCUT2D eigenvalue weighted by Crippen LogP contribution is 2.37. The zero-order valence-corrected chi connectivity index (χ0v) is 22.7. The average molecular weight is 596 g/mol. The van der Waals surface area contributed by atoms with E-state index in [-0.39, 0.29) is 56.4 Å². The van der Waals surface area contributed by atoms with E-state index in [1.54, 1.807) is 21.9 Å². The molecule has 0 aromatic heterocycles. The predicted octanol–water partition coefficient (Wildman–Crippen LogP) is 4.68. The van der Waals surface area contributed by atoms with Gasteiger partial charge in [-0.3, -0.25) is 0 Å². The van der Waals surface area contributed by atoms with Crippen LogP contribution in [0.15, 0.2) is 42.5 Å². The van der Waals surface area contributed by atoms with Crippen molar-refractivity contribution in [2.45, 2.75) is 12.3 Å². The number of piperazine rings is 1. The van der Waals surface area contributed by atoms with Gasteiger partial charge in [0, 0.05) is 51.1 Å². The molecular weight excluding hydrogens is 570 g/mol. The van der Waals surface area contributed by atoms with Gasteiger partial charge < -0.3 is 19.3 Å². The number of rotatable bonds is 6. The molecule has 0 N–H and O–H groups in total. The fourth-order valence-corrected chi connectivity index (χ4v) is 5.80. The Hall–Kier alpha value is -2.41. The van der Waals surface area contributed by atoms with Crippen LogP contribution in [-0.2, 0) is 10.0 Å². The number of nitrogens with zero attached hydrogens (tertiary/aromatic N) is 3. The van der Waals surface area contributed by atoms with E-state index in [0.29, 0.717) is 28.9 Å². The van der Waals surface area contributed by atoms with E-state index in [1.165, 1.54) is 28.6 Å². The first kappa shape index (κ1) is 28.6. The second kappa shape index (κ2) is 11.4. The highest BCUT2D eigenvalue weighted by atomic mass is 35.5. The molecule has 38 heavy (non-hydrogen) atoms. The maximum absolute atomic E-state index is 13.3. The van der Waals surface area contributed by atoms with Gasteiger partial charge >= 0.3 is 12.4 Å². The van der Waals surface area contributed by atoms with Crippen molar-refractivity contribution < 1.29 is 35.9 Å². The normalized spacial score (nSPS) is 21.0. The number of likely N-dealkylation sites (tertiary alicyclic amines) is 1. The van der Waals surface area contributed by atoms with Crippen molar-refractivity contribution in [3.05, 3.63) is 58.1 Å². The highest BCUT2D eigenvalue weighted by Gasteiger charge is 2.39. The van der Waals surface area contributed by atoms with E-state index < -0.39 is 16.4 Å². The number of hydrogen-bond acceptors (Lipinski definition) is 5. The van der Waals surface area contributed by atoms with E-state index in [4.69, 9.17) is 27.9 Å². The molecule has 0 spiro atoms. The van der Waals surface area contributed by atoms with E-state index in [1.807, 2.05) is 6.07 Å². The van der Waals surface area contributed by atoms with Crippen LogP contribution in [0, 0.1) is 5.92 Å². The fourth-order valence-electron chi connectivity index (χ4n) is 4.67. The smallest absolute Gasteiger partial charge is 0.493 e. The number of benzene rings is 2. The van der Waals surface area contributed by atoms with Crippen LogP contribution in [0.2, 0.25) is 10.0 Å². The van der Waals surface area contributed by atoms with Crippen LogP contribution in [0.5, 0.6) is 11.5 Å². The molecule has 0 aliphatic carbocycles. The standard InChI is InChI=1S/C24H26Cl2F3N3O5S/c1-38(34,35)32-10-8-30(9-11-32)23(33)31-13-17(20(14-31)16-2-7-21(25)22(26)12-16)15-36-18-3-5-19(6-4-18)37-24(27,28)29/h2-7,12,17,20H,8-11,13-15H2,1H3/t17-,20?/m0/s1. The molecule has 0 saturated carbocycles. The Bertz CT molecular complexity index is 1260. The summed E-state index contributed by atoms with van der Waals surface area (Å²) in [7, 11) is -3.32. The SMILES string of the molecule is CS(=O)(=O)N1CCN(C(=O)N2CC(c3ccc(Cl)c(Cl)c3)[C@H](COc3ccc(OC(F)(F)F)cc3)C2)CC1. The number of sulfonamides is 1. The van der Waals surface area contributed by atoms with Gasteiger partial charge in [0.1, 0.15) is 11.5 Å². The third-order valence-electron chi connectivity index (χ3n) is 6.58. The van der Waals surface area contributed by atoms with Crippen LogP contribution in [-0.4, -0.2) is 87.0 Å². The Morgan fingerprint density at radius 1 is 0.947 bits per heavy atom. The van der Waals surface area contributed by atoms with Crippen molar-refractivity contribution in [1.82, 2.24) is 14.1 Å². The van der Waals surface area contributed by atoms with Crippen molar-refractivity contribution >= 4 is 39.3 Å². The van der Waals surface area contributed by atoms with Gasteiger partial charge in [0.05, 0.1) is 22.9 Å². The number of amides is 2. The molecular formula is C24H26Cl2F3N3O5S. The predicted molar refractivity (Wildman–Crippen MR) is 136 cm³/mol. The molecule has 4 rings (SSSR count). The van der Waals surface area contributed by atoms with Crippen molar-refractivity contribution in [3.63, 3.8) is 0 Å². The Morgan fingerprint density at radius 2 is 1.58 bits per heavy atom. The molecule has 8 nitrogen and oxygen atoms in total. The number of alkyl halides is 3. The Morgan fingerprint density at radius 3 is 2.16 bits per heavy atom. The largest absolute Gasteiger partial charge is 0.573 e. The summed E-state index contributed by atoms with van der Waals surface area (Å²) in [6.45, 7) is 1.97. The lowest BCUT2D eigenvalue weighted by molar-refractivity contribution is -0.274. The van der Waals surface area contributed by atoms with Gasteiger partial charge in [-0.05, 0) is 42.0 Å². The van der Waals surface area contributed by atoms with Gasteiger partial charge in [-0.25, -0.2) is 13.2 Å². The molecule has 2 heterocycles. The van der Waals surface area contributed by atoms with Crippen LogP contribution < -0.4 is 9.47 Å². The van der Waals surface area contributed by atoms with E-state index in [2.05, 4.69) is 4.74 Å². The molecule has 2 fully saturated rings. The molecule has 2 amide bonds. The summed E-state index contributed by atoms with van der Waals surface area (Å²) in [6.07, 6.45) is -3.64. The Kier molecular flexibility index (Phi) is 8.55. The maximum atomic E-state index is 13.3. The van der Waals surface area contributed by atoms with Gasteiger partial charge in [-0.2, -0.15) is 4.31 Å². The summed E-state index contributed by atoms with van der Waals surface area (Å²) >= 11 is 12.3. The minimum Gasteiger partial charge on any atom is -0.493 e. The molecule has 0 radical (unpaired) electrons. The number of hydrogen-bond donors (Lipinski definition) is 0. The molecule has 2 aromatic rings. The molecule has 2 atom stereocenters. The summed E-state index contributed by atoms with van der Waals surface area (Å²) < 4.78 is 72.0. The summed E-state index contributed by atoms with van der Waals surface area (Å²) in [5.74, 6) is -0.292. The van der Waals surface area contributed by atoms with Gasteiger partial charge in [0.25, 0.3) is 0 Å². The van der Waals surface area contributed by atoms with Crippen LogP contribution in [0.25, 0.3) is 0 Å². The zero-order valence-electron chi connectivity index (χ0n) is 20.3. The summed E-state index contributed by atoms with van der Waals surface area (Å²) in [5, 5.41) is 0.782. The molecule has 2 aromatic carbocycles. The highest BCUT2D eigenvalue weighted by molar-refractivity contribution is 7.88. The Labute approximate surface area is 228 Å². The maximum Gasteiger partial charge on any atom is 0.573 e. The Balaban J connectivity index is 1.45. The van der Waals surface area contributed by atoms with Crippen molar-refractivity contribution in [1.29, 1.82) is 0 Å². The lowest BCUT2D eigenvalue weighted by Crippen LogP contribution is -2.53. The molecule has 2 aliphatic heterocycles. The lowest BCUT2D eigenvalue weighted by atomic mass is 9.89. The topological polar surface area (TPSA) is 79.4 Å². The molecule has 2 aliphatic rings. The molecule has 1 unspecified atom stereocenters. The third kappa shape index (κ3) is 7.16. The second-order valence-electron chi connectivity index (χ2n) is 9.21. The van der Waals surface area contributed by atoms with Crippen LogP contribution in [0.4, 0.5) is 18.0 Å². The summed E-state index contributed by atoms with van der Waals surface area (Å²) in [4.78, 5) is 16.7. The second-order valence-corrected chi connectivity index (χ2v) is 12.0. The number of carbonyl (C=O) groups is 1. The molecule has 14 heteroatoms. The fraction of sp³-hybridized carbons (Fsp3) is 0.458. The monoisotopic (exact) mass is 595 g/mol. The quantitative estimate of drug-likeness (QED) is 0.484. The average Bonchev–Trinajstić information content (AvgIpc) is 3.28. The molecule has 2 saturated heterocycles. The summed E-state index contributed by atoms with van der Waals surface area (Å²) in [6, 6.07) is 10.2. The first-order valence-electron chi connectivity index (χ1n) is 11.7. The van der Waals surface area contributed by atoms with Crippen LogP contribution in [0.3, 0.4) is 0 Å². The van der Waals surface area contributed by atoms with Gasteiger partial charge in [-0.15, -0.1) is 13.2 Å². The summed E-state index contributed by atoms with van der Waals surface area (Å²) in [5.41, 5.74) is 0.874. The first-order valence-corrected chi connectivity index (χ1v) is 14.3. The van der Waals surface area contributed by atoms with Crippen molar-refractivity contribution in [3.8, 4) is 11.5 Å². The molecule has 0 bridgehead atoms. The lowest BCUT2D eigenvalue weighted by Gasteiger charge is -2.35. The first-order chi connectivity index (χ1) is 17.8. The molecule has 208 valence electrons. The minimum atomic E-state index is -4.78. The number of halogens is 5. The van der Waals surface area contributed by atoms with Gasteiger partial charge in [0.15, 0.2) is 0 Å². The van der Waals surface area contributed by atoms with E-state index in [9.17, 15) is 26.4 Å². The number of urea groups is 1. The van der Waals surface area contributed by atoms with Crippen LogP contribution in [0.1, 0.15) is 11.5 Å².